The van der Waals surface area contributed by atoms with E-state index in [1.807, 2.05) is 0 Å². The van der Waals surface area contributed by atoms with Crippen LogP contribution in [0.25, 0.3) is 11.1 Å². The van der Waals surface area contributed by atoms with Crippen molar-refractivity contribution in [1.82, 2.24) is 0 Å². The Kier molecular flexibility index (Phi) is 6.20. The summed E-state index contributed by atoms with van der Waals surface area (Å²) in [6, 6.07) is 12.8. The Labute approximate surface area is 137 Å². The maximum absolute atomic E-state index is 5.82. The Morgan fingerprint density at radius 1 is 0.955 bits per heavy atom. The molecule has 0 heterocycles. The van der Waals surface area contributed by atoms with Crippen LogP contribution in [0.5, 0.6) is 0 Å². The van der Waals surface area contributed by atoms with Crippen molar-refractivity contribution in [1.29, 1.82) is 0 Å². The molecule has 118 valence electrons. The third-order valence-electron chi connectivity index (χ3n) is 3.53. The van der Waals surface area contributed by atoms with Crippen molar-refractivity contribution in [2.75, 3.05) is 10.2 Å². The summed E-state index contributed by atoms with van der Waals surface area (Å²) in [6.45, 7) is 6.86. The van der Waals surface area contributed by atoms with Gasteiger partial charge >= 0.3 is 0 Å². The summed E-state index contributed by atoms with van der Waals surface area (Å²) in [5, 5.41) is 6.21. The van der Waals surface area contributed by atoms with E-state index in [0.29, 0.717) is 6.61 Å². The van der Waals surface area contributed by atoms with Gasteiger partial charge < -0.3 is 14.9 Å². The summed E-state index contributed by atoms with van der Waals surface area (Å²) in [5.41, 5.74) is 7.05. The molecule has 2 unspecified atom stereocenters. The van der Waals surface area contributed by atoms with E-state index in [0.717, 1.165) is 11.4 Å². The minimum atomic E-state index is 0.213. The molecule has 2 aromatic carbocycles. The van der Waals surface area contributed by atoms with E-state index in [4.69, 9.17) is 4.74 Å². The van der Waals surface area contributed by atoms with Gasteiger partial charge in [0.05, 0.1) is 12.7 Å². The molecule has 2 rings (SSSR count). The van der Waals surface area contributed by atoms with Gasteiger partial charge in [0.2, 0.25) is 0 Å². The number of benzene rings is 2. The normalized spacial score (nSPS) is 10.8. The van der Waals surface area contributed by atoms with Crippen molar-refractivity contribution >= 4 is 30.2 Å². The second-order valence-corrected chi connectivity index (χ2v) is 6.13. The second-order valence-electron chi connectivity index (χ2n) is 5.55. The number of anilines is 2. The summed E-state index contributed by atoms with van der Waals surface area (Å²) in [4.78, 5) is 0. The van der Waals surface area contributed by atoms with E-state index in [9.17, 15) is 0 Å². The predicted octanol–water partition coefficient (Wildman–Crippen LogP) is 4.99. The molecule has 0 aliphatic carbocycles. The largest absolute Gasteiger partial charge is 0.374 e. The lowest BCUT2D eigenvalue weighted by atomic mass is 9.95. The third-order valence-corrected chi connectivity index (χ3v) is 4.19. The topological polar surface area (TPSA) is 33.3 Å². The van der Waals surface area contributed by atoms with Crippen LogP contribution < -0.4 is 10.2 Å². The number of hydrogen-bond donors (Lipinski definition) is 2. The average Bonchev–Trinajstić information content (AvgIpc) is 2.52. The number of rotatable bonds is 6. The van der Waals surface area contributed by atoms with Gasteiger partial charge in [-0.05, 0) is 86.1 Å². The van der Waals surface area contributed by atoms with Crippen LogP contribution in [0.4, 0.5) is 11.4 Å². The lowest BCUT2D eigenvalue weighted by Crippen LogP contribution is -2.04. The molecule has 2 N–H and O–H groups in total. The highest BCUT2D eigenvalue weighted by atomic mass is 31.0. The molecular formula is C17H24N2OP2. The SMILES string of the molecule is Cc1cc(NP)ccc1-c1ccc(NP)cc1COC(C)C. The van der Waals surface area contributed by atoms with Crippen LogP contribution in [0.2, 0.25) is 0 Å². The smallest absolute Gasteiger partial charge is 0.0727 e. The zero-order chi connectivity index (χ0) is 16.1. The molecule has 22 heavy (non-hydrogen) atoms. The van der Waals surface area contributed by atoms with E-state index in [2.05, 4.69) is 86.1 Å². The number of hydrogen-bond acceptors (Lipinski definition) is 3. The highest BCUT2D eigenvalue weighted by Crippen LogP contribution is 2.32. The monoisotopic (exact) mass is 334 g/mol. The fourth-order valence-electron chi connectivity index (χ4n) is 2.38. The van der Waals surface area contributed by atoms with Crippen LogP contribution in [-0.4, -0.2) is 6.10 Å². The molecule has 0 bridgehead atoms. The van der Waals surface area contributed by atoms with Gasteiger partial charge in [0.15, 0.2) is 0 Å². The first-order valence-electron chi connectivity index (χ1n) is 7.34. The number of ether oxygens (including phenoxy) is 1. The summed E-state index contributed by atoms with van der Waals surface area (Å²) in [6.07, 6.45) is 0.213. The van der Waals surface area contributed by atoms with E-state index in [1.54, 1.807) is 0 Å². The first-order chi connectivity index (χ1) is 10.5. The average molecular weight is 334 g/mol. The lowest BCUT2D eigenvalue weighted by molar-refractivity contribution is 0.0660. The van der Waals surface area contributed by atoms with Crippen LogP contribution in [0.3, 0.4) is 0 Å². The first-order valence-corrected chi connectivity index (χ1v) is 8.49. The van der Waals surface area contributed by atoms with E-state index in [-0.39, 0.29) is 6.10 Å². The molecule has 0 saturated carbocycles. The zero-order valence-electron chi connectivity index (χ0n) is 13.3. The Morgan fingerprint density at radius 3 is 2.09 bits per heavy atom. The molecule has 0 aliphatic heterocycles. The van der Waals surface area contributed by atoms with Crippen LogP contribution in [0.15, 0.2) is 36.4 Å². The molecule has 0 saturated heterocycles. The van der Waals surface area contributed by atoms with Gasteiger partial charge in [-0.3, -0.25) is 0 Å². The predicted molar refractivity (Wildman–Crippen MR) is 103 cm³/mol. The fourth-order valence-corrected chi connectivity index (χ4v) is 2.74. The minimum absolute atomic E-state index is 0.213. The highest BCUT2D eigenvalue weighted by molar-refractivity contribution is 7.18. The summed E-state index contributed by atoms with van der Waals surface area (Å²) >= 11 is 0. The van der Waals surface area contributed by atoms with Crippen molar-refractivity contribution in [3.63, 3.8) is 0 Å². The van der Waals surface area contributed by atoms with E-state index >= 15 is 0 Å². The van der Waals surface area contributed by atoms with Gasteiger partial charge in [-0.1, -0.05) is 12.1 Å². The molecule has 0 fully saturated rings. The molecular weight excluding hydrogens is 310 g/mol. The van der Waals surface area contributed by atoms with Gasteiger partial charge in [-0.25, -0.2) is 0 Å². The van der Waals surface area contributed by atoms with Gasteiger partial charge in [-0.2, -0.15) is 0 Å². The van der Waals surface area contributed by atoms with Gasteiger partial charge in [0, 0.05) is 11.4 Å². The molecule has 0 aliphatic rings. The molecule has 0 amide bonds. The Balaban J connectivity index is 2.44. The van der Waals surface area contributed by atoms with Crippen LogP contribution >= 0.6 is 18.8 Å². The summed E-state index contributed by atoms with van der Waals surface area (Å²) < 4.78 is 5.82. The summed E-state index contributed by atoms with van der Waals surface area (Å²) in [7, 11) is 5.07. The van der Waals surface area contributed by atoms with Gasteiger partial charge in [-0.15, -0.1) is 0 Å². The van der Waals surface area contributed by atoms with Crippen molar-refractivity contribution in [2.45, 2.75) is 33.5 Å². The van der Waals surface area contributed by atoms with Crippen molar-refractivity contribution in [3.8, 4) is 11.1 Å². The molecule has 5 heteroatoms. The zero-order valence-corrected chi connectivity index (χ0v) is 15.6. The van der Waals surface area contributed by atoms with E-state index in [1.165, 1.54) is 22.3 Å². The number of aryl methyl sites for hydroxylation is 1. The van der Waals surface area contributed by atoms with Gasteiger partial charge in [0.1, 0.15) is 0 Å². The van der Waals surface area contributed by atoms with Crippen molar-refractivity contribution in [2.24, 2.45) is 0 Å². The highest BCUT2D eigenvalue weighted by Gasteiger charge is 2.10. The maximum atomic E-state index is 5.82. The fraction of sp³-hybridized carbons (Fsp3) is 0.294. The maximum Gasteiger partial charge on any atom is 0.0727 e. The van der Waals surface area contributed by atoms with Crippen LogP contribution in [0, 0.1) is 6.92 Å². The number of nitrogens with one attached hydrogen (secondary N) is 2. The minimum Gasteiger partial charge on any atom is -0.374 e. The Morgan fingerprint density at radius 2 is 1.55 bits per heavy atom. The quantitative estimate of drug-likeness (QED) is 0.730. The molecule has 2 atom stereocenters. The van der Waals surface area contributed by atoms with Crippen LogP contribution in [-0.2, 0) is 11.3 Å². The van der Waals surface area contributed by atoms with E-state index < -0.39 is 0 Å². The Bertz CT molecular complexity index is 645. The third kappa shape index (κ3) is 4.20. The summed E-state index contributed by atoms with van der Waals surface area (Å²) in [5.74, 6) is 0. The van der Waals surface area contributed by atoms with Gasteiger partial charge in [0.25, 0.3) is 0 Å². The standard InChI is InChI=1S/C17H24N2OP2/c1-11(2)20-10-13-9-15(19-22)5-7-17(13)16-6-4-14(18-21)8-12(16)3/h4-9,11,18-19H,10,21-22H2,1-3H3. The molecule has 3 nitrogen and oxygen atoms in total. The van der Waals surface area contributed by atoms with Crippen LogP contribution in [0.1, 0.15) is 25.0 Å². The molecule has 0 aromatic heterocycles. The second kappa shape index (κ2) is 7.92. The molecule has 0 radical (unpaired) electrons. The first kappa shape index (κ1) is 17.2. The Hall–Kier alpha value is -1.14. The molecule has 2 aromatic rings. The lowest BCUT2D eigenvalue weighted by Gasteiger charge is -2.16. The van der Waals surface area contributed by atoms with Crippen molar-refractivity contribution in [3.05, 3.63) is 47.5 Å². The molecule has 0 spiro atoms. The van der Waals surface area contributed by atoms with Crippen molar-refractivity contribution < 1.29 is 4.74 Å².